The number of unbranched alkanes of at least 4 members (excludes halogenated alkanes) is 38. The molecule has 2 atom stereocenters. The topological polar surface area (TPSA) is 60.7 Å². The van der Waals surface area contributed by atoms with Gasteiger partial charge < -0.3 is 15.3 Å². The van der Waals surface area contributed by atoms with Gasteiger partial charge in [0.25, 0.3) is 0 Å². The molecular formula is C50H102O3. The van der Waals surface area contributed by atoms with E-state index in [1.54, 1.807) is 0 Å². The quantitative estimate of drug-likeness (QED) is 0.0543. The van der Waals surface area contributed by atoms with Crippen molar-refractivity contribution in [2.24, 2.45) is 5.41 Å². The molecule has 0 fully saturated rings. The van der Waals surface area contributed by atoms with Gasteiger partial charge in [-0.1, -0.05) is 278 Å². The predicted octanol–water partition coefficient (Wildman–Crippen LogP) is 16.5. The van der Waals surface area contributed by atoms with Gasteiger partial charge in [0.05, 0.1) is 18.8 Å². The molecule has 0 amide bonds. The molecule has 0 aromatic rings. The molecule has 0 saturated carbocycles. The van der Waals surface area contributed by atoms with Crippen molar-refractivity contribution < 1.29 is 15.3 Å². The monoisotopic (exact) mass is 751 g/mol. The molecule has 0 radical (unpaired) electrons. The molecular weight excluding hydrogens is 649 g/mol. The summed E-state index contributed by atoms with van der Waals surface area (Å²) < 4.78 is 0. The van der Waals surface area contributed by atoms with E-state index in [1.807, 2.05) is 6.92 Å². The molecule has 0 rings (SSSR count). The number of hydrogen-bond acceptors (Lipinski definition) is 3. The van der Waals surface area contributed by atoms with Crippen molar-refractivity contribution in [3.8, 4) is 0 Å². The number of hydrogen-bond donors (Lipinski definition) is 3. The normalized spacial score (nSPS) is 14.2. The molecule has 0 aromatic heterocycles. The highest BCUT2D eigenvalue weighted by atomic mass is 16.3. The first-order valence-electron chi connectivity index (χ1n) is 25.1. The van der Waals surface area contributed by atoms with Crippen molar-refractivity contribution in [3.05, 3.63) is 0 Å². The Hall–Kier alpha value is -0.120. The van der Waals surface area contributed by atoms with E-state index in [1.165, 1.54) is 231 Å². The fourth-order valence-corrected chi connectivity index (χ4v) is 8.78. The molecule has 320 valence electrons. The summed E-state index contributed by atoms with van der Waals surface area (Å²) in [5.74, 6) is 0. The average Bonchev–Trinajstić information content (AvgIpc) is 3.17. The molecule has 0 aliphatic rings. The van der Waals surface area contributed by atoms with Crippen LogP contribution in [0, 0.1) is 5.41 Å². The fraction of sp³-hybridized carbons (Fsp3) is 1.00. The van der Waals surface area contributed by atoms with E-state index in [0.717, 1.165) is 25.7 Å². The van der Waals surface area contributed by atoms with Gasteiger partial charge in [0.15, 0.2) is 0 Å². The van der Waals surface area contributed by atoms with E-state index in [2.05, 4.69) is 13.8 Å². The highest BCUT2D eigenvalue weighted by Gasteiger charge is 2.41. The summed E-state index contributed by atoms with van der Waals surface area (Å²) in [4.78, 5) is 0. The zero-order chi connectivity index (χ0) is 38.8. The molecule has 2 unspecified atom stereocenters. The molecule has 0 bridgehead atoms. The van der Waals surface area contributed by atoms with Crippen molar-refractivity contribution in [3.63, 3.8) is 0 Å². The molecule has 3 heteroatoms. The van der Waals surface area contributed by atoms with Crippen LogP contribution >= 0.6 is 0 Å². The molecule has 3 N–H and O–H groups in total. The Bertz CT molecular complexity index is 609. The molecule has 0 saturated heterocycles. The van der Waals surface area contributed by atoms with E-state index in [-0.39, 0.29) is 6.61 Å². The van der Waals surface area contributed by atoms with Crippen LogP contribution < -0.4 is 0 Å². The van der Waals surface area contributed by atoms with Crippen LogP contribution in [0.3, 0.4) is 0 Å². The Morgan fingerprint density at radius 3 is 0.604 bits per heavy atom. The minimum Gasteiger partial charge on any atom is -0.396 e. The second-order valence-electron chi connectivity index (χ2n) is 17.8. The summed E-state index contributed by atoms with van der Waals surface area (Å²) in [6.45, 7) is 6.50. The van der Waals surface area contributed by atoms with Crippen LogP contribution in [0.25, 0.3) is 0 Å². The lowest BCUT2D eigenvalue weighted by atomic mass is 9.72. The minimum atomic E-state index is -0.762. The van der Waals surface area contributed by atoms with Gasteiger partial charge in [-0.05, 0) is 19.3 Å². The second kappa shape index (κ2) is 43.0. The summed E-state index contributed by atoms with van der Waals surface area (Å²) in [6, 6.07) is 0. The number of aliphatic hydroxyl groups excluding tert-OH is 3. The highest BCUT2D eigenvalue weighted by molar-refractivity contribution is 4.91. The first kappa shape index (κ1) is 52.9. The molecule has 0 spiro atoms. The van der Waals surface area contributed by atoms with Gasteiger partial charge in [-0.3, -0.25) is 0 Å². The maximum atomic E-state index is 11.1. The van der Waals surface area contributed by atoms with Gasteiger partial charge >= 0.3 is 0 Å². The first-order chi connectivity index (χ1) is 26.1. The summed E-state index contributed by atoms with van der Waals surface area (Å²) in [6.07, 6.45) is 55.6. The Morgan fingerprint density at radius 1 is 0.283 bits per heavy atom. The van der Waals surface area contributed by atoms with Gasteiger partial charge in [0.2, 0.25) is 0 Å². The molecule has 0 aliphatic carbocycles. The third kappa shape index (κ3) is 33.7. The molecule has 0 heterocycles. The number of aliphatic hydroxyl groups is 3. The van der Waals surface area contributed by atoms with Crippen LogP contribution in [0.5, 0.6) is 0 Å². The van der Waals surface area contributed by atoms with E-state index in [9.17, 15) is 15.3 Å². The molecule has 53 heavy (non-hydrogen) atoms. The predicted molar refractivity (Wildman–Crippen MR) is 237 cm³/mol. The third-order valence-corrected chi connectivity index (χ3v) is 12.9. The van der Waals surface area contributed by atoms with Crippen LogP contribution in [0.15, 0.2) is 0 Å². The zero-order valence-electron chi connectivity index (χ0n) is 37.1. The van der Waals surface area contributed by atoms with Crippen LogP contribution in [0.2, 0.25) is 0 Å². The summed E-state index contributed by atoms with van der Waals surface area (Å²) in [5.41, 5.74) is -0.762. The summed E-state index contributed by atoms with van der Waals surface area (Å²) >= 11 is 0. The fourth-order valence-electron chi connectivity index (χ4n) is 8.78. The number of rotatable bonds is 46. The Balaban J connectivity index is 3.66. The van der Waals surface area contributed by atoms with Gasteiger partial charge in [0, 0.05) is 5.41 Å². The van der Waals surface area contributed by atoms with Gasteiger partial charge in [-0.25, -0.2) is 0 Å². The highest BCUT2D eigenvalue weighted by Crippen LogP contribution is 2.36. The van der Waals surface area contributed by atoms with E-state index >= 15 is 0 Å². The Kier molecular flexibility index (Phi) is 42.9. The van der Waals surface area contributed by atoms with Crippen molar-refractivity contribution >= 4 is 0 Å². The zero-order valence-corrected chi connectivity index (χ0v) is 37.1. The van der Waals surface area contributed by atoms with Gasteiger partial charge in [0.1, 0.15) is 0 Å². The van der Waals surface area contributed by atoms with Gasteiger partial charge in [-0.15, -0.1) is 0 Å². The Labute approximate surface area is 335 Å². The standard InChI is InChI=1S/C50H102O3/c1-4-7-9-11-13-15-17-19-21-23-25-27-29-31-33-35-37-39-41-43-45-48(52)50(6-3,47-51)49(53)46-44-42-40-38-36-34-32-30-28-26-24-22-20-18-16-14-12-10-8-5-2/h48-49,51-53H,4-47H2,1-3H3. The second-order valence-corrected chi connectivity index (χ2v) is 17.8. The van der Waals surface area contributed by atoms with Crippen LogP contribution in [0.1, 0.15) is 297 Å². The van der Waals surface area contributed by atoms with E-state index in [0.29, 0.717) is 19.3 Å². The Morgan fingerprint density at radius 2 is 0.453 bits per heavy atom. The largest absolute Gasteiger partial charge is 0.396 e. The van der Waals surface area contributed by atoms with E-state index in [4.69, 9.17) is 0 Å². The summed E-state index contributed by atoms with van der Waals surface area (Å²) in [7, 11) is 0. The molecule has 0 aromatic carbocycles. The SMILES string of the molecule is CCCCCCCCCCCCCCCCCCCCCCC(O)C(CC)(CO)C(O)CCCCCCCCCCCCCCCCCCCCCC. The summed E-state index contributed by atoms with van der Waals surface area (Å²) in [5, 5.41) is 32.6. The molecule has 0 aliphatic heterocycles. The lowest BCUT2D eigenvalue weighted by Crippen LogP contribution is -2.48. The minimum absolute atomic E-state index is 0.121. The van der Waals surface area contributed by atoms with E-state index < -0.39 is 17.6 Å². The van der Waals surface area contributed by atoms with Crippen molar-refractivity contribution in [1.82, 2.24) is 0 Å². The van der Waals surface area contributed by atoms with Crippen molar-refractivity contribution in [2.75, 3.05) is 6.61 Å². The van der Waals surface area contributed by atoms with Gasteiger partial charge in [-0.2, -0.15) is 0 Å². The van der Waals surface area contributed by atoms with Crippen LogP contribution in [-0.4, -0.2) is 34.1 Å². The van der Waals surface area contributed by atoms with Crippen molar-refractivity contribution in [2.45, 2.75) is 309 Å². The maximum absolute atomic E-state index is 11.1. The van der Waals surface area contributed by atoms with Crippen LogP contribution in [-0.2, 0) is 0 Å². The lowest BCUT2D eigenvalue weighted by molar-refractivity contribution is -0.108. The van der Waals surface area contributed by atoms with Crippen LogP contribution in [0.4, 0.5) is 0 Å². The third-order valence-electron chi connectivity index (χ3n) is 12.9. The first-order valence-corrected chi connectivity index (χ1v) is 25.1. The lowest BCUT2D eigenvalue weighted by Gasteiger charge is -2.40. The molecule has 3 nitrogen and oxygen atoms in total. The average molecular weight is 751 g/mol. The smallest absolute Gasteiger partial charge is 0.0643 e. The van der Waals surface area contributed by atoms with Crippen molar-refractivity contribution in [1.29, 1.82) is 0 Å². The maximum Gasteiger partial charge on any atom is 0.0643 e.